The van der Waals surface area contributed by atoms with Crippen molar-refractivity contribution in [3.8, 4) is 16.8 Å². The number of hydrogen-bond donors (Lipinski definition) is 0. The molecule has 1 aliphatic carbocycles. The Kier molecular flexibility index (Phi) is 6.69. The van der Waals surface area contributed by atoms with Crippen LogP contribution < -0.4 is 4.90 Å². The Bertz CT molecular complexity index is 2730. The standard InChI is InChI=1S/C47H37N3O/c1-31-44(32-15-5-3-6-16-32)48-46(47(2)27-11-4-12-28-47)49(31)34-17-13-18-35(30-34)50-41-23-9-7-19-37(41)38-26-25-33(29-42(38)50)36-21-14-22-40-39-20-8-10-24-43(39)51-45(36)40/h3-27,29-31,46H,28H2,1-2H3. The number of fused-ring (bicyclic) bond motifs is 6. The third-order valence-corrected chi connectivity index (χ3v) is 11.1. The summed E-state index contributed by atoms with van der Waals surface area (Å²) in [6.45, 7) is 4.64. The first kappa shape index (κ1) is 29.8. The van der Waals surface area contributed by atoms with Gasteiger partial charge in [-0.3, -0.25) is 4.99 Å². The number of aliphatic imine (C=N–C) groups is 1. The summed E-state index contributed by atoms with van der Waals surface area (Å²) >= 11 is 0. The van der Waals surface area contributed by atoms with Crippen LogP contribution in [0.25, 0.3) is 60.6 Å². The maximum atomic E-state index is 6.48. The number of allylic oxidation sites excluding steroid dienone is 3. The Morgan fingerprint density at radius 3 is 2.25 bits per heavy atom. The highest BCUT2D eigenvalue weighted by molar-refractivity contribution is 6.13. The largest absolute Gasteiger partial charge is 0.455 e. The first-order valence-corrected chi connectivity index (χ1v) is 17.9. The minimum absolute atomic E-state index is 0.0480. The van der Waals surface area contributed by atoms with Crippen LogP contribution in [0.3, 0.4) is 0 Å². The van der Waals surface area contributed by atoms with Gasteiger partial charge in [0.25, 0.3) is 0 Å². The van der Waals surface area contributed by atoms with Gasteiger partial charge in [0.1, 0.15) is 17.3 Å². The van der Waals surface area contributed by atoms with Crippen LogP contribution in [0, 0.1) is 5.41 Å². The molecule has 0 amide bonds. The number of benzene rings is 6. The van der Waals surface area contributed by atoms with E-state index in [9.17, 15) is 0 Å². The lowest BCUT2D eigenvalue weighted by atomic mass is 9.80. The number of para-hydroxylation sites is 3. The molecule has 2 aliphatic rings. The van der Waals surface area contributed by atoms with E-state index in [1.165, 1.54) is 27.4 Å². The van der Waals surface area contributed by atoms with E-state index in [0.29, 0.717) is 0 Å². The van der Waals surface area contributed by atoms with Gasteiger partial charge in [-0.15, -0.1) is 0 Å². The average Bonchev–Trinajstić information content (AvgIpc) is 3.85. The molecule has 0 bridgehead atoms. The van der Waals surface area contributed by atoms with Gasteiger partial charge in [-0.2, -0.15) is 0 Å². The normalized spacial score (nSPS) is 20.3. The highest BCUT2D eigenvalue weighted by Gasteiger charge is 2.44. The van der Waals surface area contributed by atoms with Gasteiger partial charge in [-0.05, 0) is 60.9 Å². The first-order chi connectivity index (χ1) is 25.1. The van der Waals surface area contributed by atoms with Gasteiger partial charge in [-0.25, -0.2) is 0 Å². The summed E-state index contributed by atoms with van der Waals surface area (Å²) in [5.74, 6) is 0. The van der Waals surface area contributed by atoms with E-state index < -0.39 is 0 Å². The summed E-state index contributed by atoms with van der Waals surface area (Å²) in [6.07, 6.45) is 9.84. The van der Waals surface area contributed by atoms with Crippen LogP contribution in [0.1, 0.15) is 25.8 Å². The minimum Gasteiger partial charge on any atom is -0.455 e. The van der Waals surface area contributed by atoms with E-state index in [0.717, 1.165) is 56.6 Å². The lowest BCUT2D eigenvalue weighted by Gasteiger charge is -2.40. The zero-order valence-electron chi connectivity index (χ0n) is 28.7. The Labute approximate surface area is 297 Å². The van der Waals surface area contributed by atoms with Gasteiger partial charge in [-0.1, -0.05) is 134 Å². The number of furan rings is 1. The Hall–Kier alpha value is -6.13. The topological polar surface area (TPSA) is 33.7 Å². The molecule has 0 saturated heterocycles. The van der Waals surface area contributed by atoms with Crippen LogP contribution in [0.15, 0.2) is 173 Å². The molecule has 51 heavy (non-hydrogen) atoms. The van der Waals surface area contributed by atoms with Crippen molar-refractivity contribution >= 4 is 55.1 Å². The highest BCUT2D eigenvalue weighted by atomic mass is 16.3. The molecule has 3 unspecified atom stereocenters. The molecule has 0 fully saturated rings. The van der Waals surface area contributed by atoms with Crippen LogP contribution in [-0.4, -0.2) is 22.5 Å². The van der Waals surface area contributed by atoms with Crippen molar-refractivity contribution < 1.29 is 4.42 Å². The van der Waals surface area contributed by atoms with Crippen molar-refractivity contribution in [1.29, 1.82) is 0 Å². The second-order valence-corrected chi connectivity index (χ2v) is 14.2. The van der Waals surface area contributed by atoms with Gasteiger partial charge < -0.3 is 13.9 Å². The number of hydrogen-bond acceptors (Lipinski definition) is 3. The minimum atomic E-state index is -0.144. The molecule has 0 saturated carbocycles. The van der Waals surface area contributed by atoms with E-state index >= 15 is 0 Å². The zero-order chi connectivity index (χ0) is 34.1. The van der Waals surface area contributed by atoms with Crippen LogP contribution >= 0.6 is 0 Å². The van der Waals surface area contributed by atoms with E-state index in [1.54, 1.807) is 0 Å². The molecule has 3 heterocycles. The summed E-state index contributed by atoms with van der Waals surface area (Å²) in [5.41, 5.74) is 10.9. The van der Waals surface area contributed by atoms with Crippen molar-refractivity contribution in [2.45, 2.75) is 32.5 Å². The van der Waals surface area contributed by atoms with Crippen molar-refractivity contribution in [2.75, 3.05) is 4.90 Å². The van der Waals surface area contributed by atoms with Crippen LogP contribution in [0.4, 0.5) is 5.69 Å². The van der Waals surface area contributed by atoms with Gasteiger partial charge in [0, 0.05) is 43.9 Å². The molecule has 3 atom stereocenters. The Morgan fingerprint density at radius 1 is 0.647 bits per heavy atom. The lowest BCUT2D eigenvalue weighted by Crippen LogP contribution is -2.46. The maximum Gasteiger partial charge on any atom is 0.143 e. The number of aromatic nitrogens is 1. The summed E-state index contributed by atoms with van der Waals surface area (Å²) in [7, 11) is 0. The van der Waals surface area contributed by atoms with Crippen LogP contribution in [0.2, 0.25) is 0 Å². The fourth-order valence-corrected chi connectivity index (χ4v) is 8.52. The van der Waals surface area contributed by atoms with Crippen molar-refractivity contribution in [3.63, 3.8) is 0 Å². The van der Waals surface area contributed by atoms with Gasteiger partial charge in [0.15, 0.2) is 0 Å². The smallest absolute Gasteiger partial charge is 0.143 e. The Morgan fingerprint density at radius 2 is 1.39 bits per heavy atom. The summed E-state index contributed by atoms with van der Waals surface area (Å²) < 4.78 is 8.91. The molecule has 6 aromatic carbocycles. The fourth-order valence-electron chi connectivity index (χ4n) is 8.52. The highest BCUT2D eigenvalue weighted by Crippen LogP contribution is 2.44. The monoisotopic (exact) mass is 659 g/mol. The fraction of sp³-hybridized carbons (Fsp3) is 0.128. The Balaban J connectivity index is 1.14. The molecule has 10 rings (SSSR count). The molecule has 0 spiro atoms. The summed E-state index contributed by atoms with van der Waals surface area (Å²) in [6, 6.07) is 50.2. The number of rotatable bonds is 5. The quantitative estimate of drug-likeness (QED) is 0.184. The second kappa shape index (κ2) is 11.5. The molecule has 4 nitrogen and oxygen atoms in total. The lowest BCUT2D eigenvalue weighted by molar-refractivity contribution is 0.333. The number of anilines is 1. The van der Waals surface area contributed by atoms with E-state index in [2.05, 4.69) is 181 Å². The van der Waals surface area contributed by atoms with E-state index in [-0.39, 0.29) is 17.6 Å². The molecule has 246 valence electrons. The van der Waals surface area contributed by atoms with Crippen molar-refractivity contribution in [3.05, 3.63) is 169 Å². The SMILES string of the molecule is CC1C(c2ccccc2)=NC(C2(C)C=CC=CC2)N1c1cccc(-n2c3ccccc3c3ccc(-c4cccc5c4oc4ccccc45)cc32)c1. The van der Waals surface area contributed by atoms with E-state index in [4.69, 9.17) is 9.41 Å². The van der Waals surface area contributed by atoms with Gasteiger partial charge >= 0.3 is 0 Å². The molecule has 0 radical (unpaired) electrons. The summed E-state index contributed by atoms with van der Waals surface area (Å²) in [4.78, 5) is 8.05. The predicted molar refractivity (Wildman–Crippen MR) is 213 cm³/mol. The molecule has 4 heteroatoms. The summed E-state index contributed by atoms with van der Waals surface area (Å²) in [5, 5.41) is 4.74. The molecular formula is C47H37N3O. The predicted octanol–water partition coefficient (Wildman–Crippen LogP) is 11.9. The molecule has 8 aromatic rings. The average molecular weight is 660 g/mol. The molecule has 2 aromatic heterocycles. The van der Waals surface area contributed by atoms with Gasteiger partial charge in [0.2, 0.25) is 0 Å². The molecule has 1 aliphatic heterocycles. The van der Waals surface area contributed by atoms with E-state index in [1.807, 2.05) is 6.07 Å². The first-order valence-electron chi connectivity index (χ1n) is 17.9. The van der Waals surface area contributed by atoms with Crippen LogP contribution in [-0.2, 0) is 0 Å². The van der Waals surface area contributed by atoms with Crippen molar-refractivity contribution in [1.82, 2.24) is 4.57 Å². The third-order valence-electron chi connectivity index (χ3n) is 11.1. The third kappa shape index (κ3) is 4.63. The van der Waals surface area contributed by atoms with Crippen LogP contribution in [0.5, 0.6) is 0 Å². The van der Waals surface area contributed by atoms with Gasteiger partial charge in [0.05, 0.1) is 22.8 Å². The molecular weight excluding hydrogens is 623 g/mol. The maximum absolute atomic E-state index is 6.48. The number of nitrogens with zero attached hydrogens (tertiary/aromatic N) is 3. The zero-order valence-corrected chi connectivity index (χ0v) is 28.7. The second-order valence-electron chi connectivity index (χ2n) is 14.2. The van der Waals surface area contributed by atoms with Crippen molar-refractivity contribution in [2.24, 2.45) is 10.4 Å². The molecule has 0 N–H and O–H groups in total.